The van der Waals surface area contributed by atoms with Crippen molar-refractivity contribution in [1.82, 2.24) is 5.32 Å². The number of rotatable bonds is 1. The first-order valence-corrected chi connectivity index (χ1v) is 9.73. The third kappa shape index (κ3) is 4.01. The normalized spacial score (nSPS) is 26.0. The number of amides is 1. The Morgan fingerprint density at radius 3 is 3.00 bits per heavy atom. The maximum Gasteiger partial charge on any atom is 0.413 e. The van der Waals surface area contributed by atoms with Gasteiger partial charge in [0, 0.05) is 21.7 Å². The number of halogens is 2. The Hall–Kier alpha value is -1.12. The number of amidine groups is 1. The Kier molecular flexibility index (Phi) is 5.14. The minimum absolute atomic E-state index is 0.0467. The summed E-state index contributed by atoms with van der Waals surface area (Å²) in [5.74, 6) is 0.400. The molecule has 8 heteroatoms. The van der Waals surface area contributed by atoms with Crippen LogP contribution in [0.1, 0.15) is 26.3 Å². The zero-order valence-electron chi connectivity index (χ0n) is 14.3. The van der Waals surface area contributed by atoms with Gasteiger partial charge in [0.2, 0.25) is 0 Å². The van der Waals surface area contributed by atoms with E-state index < -0.39 is 17.2 Å². The quantitative estimate of drug-likeness (QED) is 0.729. The minimum atomic E-state index is -0.830. The van der Waals surface area contributed by atoms with Crippen molar-refractivity contribution in [2.24, 2.45) is 10.9 Å². The van der Waals surface area contributed by atoms with Gasteiger partial charge in [0.1, 0.15) is 17.0 Å². The summed E-state index contributed by atoms with van der Waals surface area (Å²) in [6.45, 7) is 6.18. The van der Waals surface area contributed by atoms with Crippen molar-refractivity contribution in [3.63, 3.8) is 0 Å². The van der Waals surface area contributed by atoms with Crippen LogP contribution in [0.15, 0.2) is 27.7 Å². The maximum atomic E-state index is 14.5. The lowest BCUT2D eigenvalue weighted by Crippen LogP contribution is -2.43. The van der Waals surface area contributed by atoms with E-state index in [4.69, 9.17) is 14.5 Å². The summed E-state index contributed by atoms with van der Waals surface area (Å²) in [5, 5.41) is 3.11. The predicted molar refractivity (Wildman–Crippen MR) is 99.3 cm³/mol. The molecule has 2 aliphatic heterocycles. The van der Waals surface area contributed by atoms with Crippen molar-refractivity contribution in [2.45, 2.75) is 31.9 Å². The molecule has 0 bridgehead atoms. The van der Waals surface area contributed by atoms with E-state index in [0.29, 0.717) is 23.1 Å². The fourth-order valence-electron chi connectivity index (χ4n) is 2.96. The van der Waals surface area contributed by atoms with Gasteiger partial charge in [-0.25, -0.2) is 14.2 Å². The first-order chi connectivity index (χ1) is 11.7. The number of nitrogens with zero attached hydrogens (tertiary/aromatic N) is 1. The van der Waals surface area contributed by atoms with Crippen LogP contribution < -0.4 is 5.32 Å². The van der Waals surface area contributed by atoms with Crippen LogP contribution in [0.4, 0.5) is 9.18 Å². The van der Waals surface area contributed by atoms with Crippen molar-refractivity contribution in [2.75, 3.05) is 19.0 Å². The van der Waals surface area contributed by atoms with Crippen LogP contribution in [-0.4, -0.2) is 35.8 Å². The molecule has 1 aromatic rings. The smallest absolute Gasteiger partial charge is 0.413 e. The first kappa shape index (κ1) is 18.7. The number of fused-ring (bicyclic) bond motifs is 1. The van der Waals surface area contributed by atoms with Crippen LogP contribution >= 0.6 is 27.7 Å². The summed E-state index contributed by atoms with van der Waals surface area (Å²) < 4.78 is 26.2. The van der Waals surface area contributed by atoms with Crippen LogP contribution in [0.5, 0.6) is 0 Å². The Morgan fingerprint density at radius 2 is 2.28 bits per heavy atom. The number of nitrogens with one attached hydrogen (secondary N) is 1. The molecule has 0 unspecified atom stereocenters. The third-order valence-corrected chi connectivity index (χ3v) is 5.57. The van der Waals surface area contributed by atoms with E-state index in [1.807, 2.05) is 0 Å². The lowest BCUT2D eigenvalue weighted by molar-refractivity contribution is 0.0564. The highest BCUT2D eigenvalue weighted by molar-refractivity contribution is 9.10. The standard InChI is InChI=1S/C17H20BrFN2O3S/c1-16(2,3)24-15(22)20-14-21-17(9-23-7-10(17)8-25-14)12-6-11(18)4-5-13(12)19/h4-6,10H,7-9H2,1-3H3,(H,20,21,22)/t10-,17-/m1/s1. The van der Waals surface area contributed by atoms with Crippen LogP contribution in [-0.2, 0) is 15.0 Å². The van der Waals surface area contributed by atoms with E-state index in [2.05, 4.69) is 21.2 Å². The molecule has 2 atom stereocenters. The van der Waals surface area contributed by atoms with E-state index >= 15 is 0 Å². The number of aliphatic imine (C=N–C) groups is 1. The molecule has 136 valence electrons. The van der Waals surface area contributed by atoms with Crippen LogP contribution in [0.3, 0.4) is 0 Å². The molecule has 1 amide bonds. The van der Waals surface area contributed by atoms with Gasteiger partial charge in [0.25, 0.3) is 0 Å². The molecule has 0 spiro atoms. The van der Waals surface area contributed by atoms with Crippen molar-refractivity contribution < 1.29 is 18.7 Å². The van der Waals surface area contributed by atoms with Gasteiger partial charge in [-0.2, -0.15) is 0 Å². The average molecular weight is 431 g/mol. The topological polar surface area (TPSA) is 59.9 Å². The van der Waals surface area contributed by atoms with E-state index in [0.717, 1.165) is 4.47 Å². The second-order valence-electron chi connectivity index (χ2n) is 7.12. The molecule has 25 heavy (non-hydrogen) atoms. The van der Waals surface area contributed by atoms with Crippen molar-refractivity contribution in [3.05, 3.63) is 34.1 Å². The first-order valence-electron chi connectivity index (χ1n) is 7.95. The summed E-state index contributed by atoms with van der Waals surface area (Å²) in [6.07, 6.45) is -0.569. The van der Waals surface area contributed by atoms with Gasteiger partial charge in [-0.1, -0.05) is 27.7 Å². The van der Waals surface area contributed by atoms with Gasteiger partial charge in [-0.15, -0.1) is 0 Å². The predicted octanol–water partition coefficient (Wildman–Crippen LogP) is 4.06. The van der Waals surface area contributed by atoms with E-state index in [1.54, 1.807) is 32.9 Å². The number of carbonyl (C=O) groups is 1. The van der Waals surface area contributed by atoms with Gasteiger partial charge in [0.15, 0.2) is 5.17 Å². The molecule has 0 aromatic heterocycles. The van der Waals surface area contributed by atoms with Crippen LogP contribution in [0.2, 0.25) is 0 Å². The Morgan fingerprint density at radius 1 is 1.52 bits per heavy atom. The number of hydrogen-bond acceptors (Lipinski definition) is 5. The van der Waals surface area contributed by atoms with Crippen LogP contribution in [0, 0.1) is 11.7 Å². The molecule has 0 aliphatic carbocycles. The number of ether oxygens (including phenoxy) is 2. The fourth-order valence-corrected chi connectivity index (χ4v) is 4.43. The highest BCUT2D eigenvalue weighted by Crippen LogP contribution is 2.45. The molecule has 3 rings (SSSR count). The van der Waals surface area contributed by atoms with Gasteiger partial charge in [-0.3, -0.25) is 5.32 Å². The average Bonchev–Trinajstić information content (AvgIpc) is 2.91. The SMILES string of the molecule is CC(C)(C)OC(=O)NC1=N[C@]2(c3cc(Br)ccc3F)COC[C@@H]2CS1. The van der Waals surface area contributed by atoms with E-state index in [9.17, 15) is 9.18 Å². The Bertz CT molecular complexity index is 722. The molecule has 1 N–H and O–H groups in total. The molecule has 2 heterocycles. The van der Waals surface area contributed by atoms with Crippen LogP contribution in [0.25, 0.3) is 0 Å². The molecular weight excluding hydrogens is 411 g/mol. The zero-order chi connectivity index (χ0) is 18.2. The van der Waals surface area contributed by atoms with Crippen molar-refractivity contribution in [3.8, 4) is 0 Å². The number of alkyl carbamates (subject to hydrolysis) is 1. The molecule has 1 saturated heterocycles. The highest BCUT2D eigenvalue weighted by Gasteiger charge is 2.49. The Labute approximate surface area is 158 Å². The third-order valence-electron chi connectivity index (χ3n) is 4.04. The second kappa shape index (κ2) is 6.89. The summed E-state index contributed by atoms with van der Waals surface area (Å²) in [4.78, 5) is 16.7. The van der Waals surface area contributed by atoms with Crippen molar-refractivity contribution >= 4 is 39.0 Å². The molecule has 0 radical (unpaired) electrons. The molecular formula is C17H20BrFN2O3S. The molecule has 0 saturated carbocycles. The molecule has 2 aliphatic rings. The monoisotopic (exact) mass is 430 g/mol. The summed E-state index contributed by atoms with van der Waals surface area (Å²) in [6, 6.07) is 4.81. The summed E-state index contributed by atoms with van der Waals surface area (Å²) >= 11 is 4.82. The number of carbonyl (C=O) groups excluding carboxylic acids is 1. The van der Waals surface area contributed by atoms with E-state index in [-0.39, 0.29) is 18.3 Å². The van der Waals surface area contributed by atoms with E-state index in [1.165, 1.54) is 17.8 Å². The van der Waals surface area contributed by atoms with Crippen molar-refractivity contribution in [1.29, 1.82) is 0 Å². The van der Waals surface area contributed by atoms with Gasteiger partial charge >= 0.3 is 6.09 Å². The zero-order valence-corrected chi connectivity index (χ0v) is 16.7. The second-order valence-corrected chi connectivity index (χ2v) is 9.04. The molecule has 1 fully saturated rings. The number of thioether (sulfide) groups is 1. The summed E-state index contributed by atoms with van der Waals surface area (Å²) in [7, 11) is 0. The van der Waals surface area contributed by atoms with Gasteiger partial charge in [0.05, 0.1) is 13.2 Å². The number of hydrogen-bond donors (Lipinski definition) is 1. The van der Waals surface area contributed by atoms with Gasteiger partial charge in [-0.05, 0) is 39.0 Å². The lowest BCUT2D eigenvalue weighted by atomic mass is 9.81. The molecule has 1 aromatic carbocycles. The highest BCUT2D eigenvalue weighted by atomic mass is 79.9. The summed E-state index contributed by atoms with van der Waals surface area (Å²) in [5.41, 5.74) is -0.950. The fraction of sp³-hybridized carbons (Fsp3) is 0.529. The minimum Gasteiger partial charge on any atom is -0.444 e. The largest absolute Gasteiger partial charge is 0.444 e. The Balaban J connectivity index is 1.93. The molecule has 5 nitrogen and oxygen atoms in total. The van der Waals surface area contributed by atoms with Gasteiger partial charge < -0.3 is 9.47 Å². The lowest BCUT2D eigenvalue weighted by Gasteiger charge is -2.35. The number of benzene rings is 1. The maximum absolute atomic E-state index is 14.5.